The molecule has 3 rings (SSSR count). The standard InChI is InChI=1S/C19H14Cl2N2O3/c20-16-8-15(11-23-9-13(12-24)4-5-19(23)26)17(21)7-14(16)10-22-6-2-1-3-18(22)25/h1-9,12H,10-11H2. The molecule has 0 saturated carbocycles. The zero-order valence-electron chi connectivity index (χ0n) is 13.6. The third-order valence-electron chi connectivity index (χ3n) is 3.94. The average Bonchev–Trinajstić information content (AvgIpc) is 2.63. The highest BCUT2D eigenvalue weighted by atomic mass is 35.5. The number of rotatable bonds is 5. The Morgan fingerprint density at radius 3 is 2.08 bits per heavy atom. The van der Waals surface area contributed by atoms with E-state index in [1.807, 2.05) is 0 Å². The summed E-state index contributed by atoms with van der Waals surface area (Å²) in [5.74, 6) is 0. The highest BCUT2D eigenvalue weighted by Crippen LogP contribution is 2.26. The van der Waals surface area contributed by atoms with E-state index in [4.69, 9.17) is 23.2 Å². The van der Waals surface area contributed by atoms with Crippen molar-refractivity contribution in [3.05, 3.63) is 102 Å². The van der Waals surface area contributed by atoms with Gasteiger partial charge < -0.3 is 9.13 Å². The Labute approximate surface area is 159 Å². The number of carbonyl (C=O) groups is 1. The molecule has 2 aromatic heterocycles. The molecular weight excluding hydrogens is 375 g/mol. The smallest absolute Gasteiger partial charge is 0.250 e. The molecule has 0 saturated heterocycles. The number of halogens is 2. The van der Waals surface area contributed by atoms with Gasteiger partial charge in [0, 0.05) is 40.1 Å². The zero-order valence-corrected chi connectivity index (χ0v) is 15.1. The van der Waals surface area contributed by atoms with Gasteiger partial charge in [-0.3, -0.25) is 14.4 Å². The van der Waals surface area contributed by atoms with Crippen molar-refractivity contribution in [2.45, 2.75) is 13.1 Å². The zero-order chi connectivity index (χ0) is 18.7. The predicted octanol–water partition coefficient (Wildman–Crippen LogP) is 3.23. The molecule has 0 atom stereocenters. The summed E-state index contributed by atoms with van der Waals surface area (Å²) < 4.78 is 2.91. The van der Waals surface area contributed by atoms with E-state index < -0.39 is 0 Å². The second-order valence-corrected chi connectivity index (χ2v) is 6.56. The van der Waals surface area contributed by atoms with Crippen LogP contribution in [0.4, 0.5) is 0 Å². The number of nitrogens with zero attached hydrogens (tertiary/aromatic N) is 2. The maximum absolute atomic E-state index is 12.0. The van der Waals surface area contributed by atoms with Crippen LogP contribution in [0.5, 0.6) is 0 Å². The molecule has 132 valence electrons. The molecule has 26 heavy (non-hydrogen) atoms. The molecule has 0 fully saturated rings. The summed E-state index contributed by atoms with van der Waals surface area (Å²) in [6.45, 7) is 0.476. The molecule has 3 aromatic rings. The van der Waals surface area contributed by atoms with E-state index in [2.05, 4.69) is 0 Å². The molecule has 0 amide bonds. The second kappa shape index (κ2) is 7.72. The number of aldehydes is 1. The van der Waals surface area contributed by atoms with Gasteiger partial charge >= 0.3 is 0 Å². The SMILES string of the molecule is O=Cc1ccc(=O)n(Cc2cc(Cl)c(Cn3ccccc3=O)cc2Cl)c1. The molecule has 0 spiro atoms. The fraction of sp³-hybridized carbons (Fsp3) is 0.105. The molecular formula is C19H14Cl2N2O3. The first-order valence-corrected chi connectivity index (χ1v) is 8.51. The highest BCUT2D eigenvalue weighted by Gasteiger charge is 2.10. The third kappa shape index (κ3) is 3.95. The van der Waals surface area contributed by atoms with E-state index in [9.17, 15) is 14.4 Å². The minimum atomic E-state index is -0.247. The summed E-state index contributed by atoms with van der Waals surface area (Å²) in [6, 6.07) is 11.0. The van der Waals surface area contributed by atoms with Gasteiger partial charge in [-0.05, 0) is 35.4 Å². The number of pyridine rings is 2. The average molecular weight is 389 g/mol. The fourth-order valence-corrected chi connectivity index (χ4v) is 3.07. The first-order valence-electron chi connectivity index (χ1n) is 7.76. The molecule has 0 aliphatic carbocycles. The second-order valence-electron chi connectivity index (χ2n) is 5.75. The molecule has 1 aromatic carbocycles. The van der Waals surface area contributed by atoms with Gasteiger partial charge in [0.25, 0.3) is 11.1 Å². The largest absolute Gasteiger partial charge is 0.311 e. The van der Waals surface area contributed by atoms with Crippen LogP contribution in [-0.2, 0) is 13.1 Å². The van der Waals surface area contributed by atoms with Gasteiger partial charge in [0.15, 0.2) is 6.29 Å². The number of aromatic nitrogens is 2. The van der Waals surface area contributed by atoms with E-state index in [-0.39, 0.29) is 17.7 Å². The minimum absolute atomic E-state index is 0.138. The quantitative estimate of drug-likeness (QED) is 0.630. The van der Waals surface area contributed by atoms with Gasteiger partial charge in [0.05, 0.1) is 13.1 Å². The highest BCUT2D eigenvalue weighted by molar-refractivity contribution is 6.34. The van der Waals surface area contributed by atoms with Gasteiger partial charge in [-0.1, -0.05) is 29.3 Å². The fourth-order valence-electron chi connectivity index (χ4n) is 2.57. The number of benzene rings is 1. The molecule has 0 N–H and O–H groups in total. The van der Waals surface area contributed by atoms with Crippen LogP contribution in [0.25, 0.3) is 0 Å². The lowest BCUT2D eigenvalue weighted by Crippen LogP contribution is -2.20. The van der Waals surface area contributed by atoms with Crippen LogP contribution in [0.3, 0.4) is 0 Å². The van der Waals surface area contributed by atoms with Crippen molar-refractivity contribution < 1.29 is 4.79 Å². The van der Waals surface area contributed by atoms with Crippen LogP contribution >= 0.6 is 23.2 Å². The van der Waals surface area contributed by atoms with Gasteiger partial charge in [0.1, 0.15) is 0 Å². The molecule has 7 heteroatoms. The molecule has 0 aliphatic rings. The molecule has 5 nitrogen and oxygen atoms in total. The molecule has 0 radical (unpaired) electrons. The maximum Gasteiger partial charge on any atom is 0.250 e. The van der Waals surface area contributed by atoms with Crippen molar-refractivity contribution in [2.75, 3.05) is 0 Å². The van der Waals surface area contributed by atoms with Crippen LogP contribution < -0.4 is 11.1 Å². The molecule has 0 aliphatic heterocycles. The van der Waals surface area contributed by atoms with Crippen LogP contribution in [0.15, 0.2) is 64.4 Å². The van der Waals surface area contributed by atoms with Crippen LogP contribution in [0.1, 0.15) is 21.5 Å². The number of hydrogen-bond donors (Lipinski definition) is 0. The lowest BCUT2D eigenvalue weighted by Gasteiger charge is -2.13. The Hall–Kier alpha value is -2.63. The number of carbonyl (C=O) groups excluding carboxylic acids is 1. The molecule has 2 heterocycles. The summed E-state index contributed by atoms with van der Waals surface area (Å²) in [7, 11) is 0. The topological polar surface area (TPSA) is 61.1 Å². The van der Waals surface area contributed by atoms with E-state index in [0.29, 0.717) is 39.6 Å². The van der Waals surface area contributed by atoms with Crippen LogP contribution in [-0.4, -0.2) is 15.4 Å². The predicted molar refractivity (Wildman–Crippen MR) is 101 cm³/mol. The van der Waals surface area contributed by atoms with Gasteiger partial charge in [-0.25, -0.2) is 0 Å². The van der Waals surface area contributed by atoms with Crippen LogP contribution in [0, 0.1) is 0 Å². The van der Waals surface area contributed by atoms with Gasteiger partial charge in [-0.15, -0.1) is 0 Å². The summed E-state index contributed by atoms with van der Waals surface area (Å²) >= 11 is 12.7. The monoisotopic (exact) mass is 388 g/mol. The Morgan fingerprint density at radius 2 is 1.46 bits per heavy atom. The molecule has 0 unspecified atom stereocenters. The lowest BCUT2D eigenvalue weighted by atomic mass is 10.1. The third-order valence-corrected chi connectivity index (χ3v) is 4.64. The summed E-state index contributed by atoms with van der Waals surface area (Å²) in [5, 5.41) is 0.872. The van der Waals surface area contributed by atoms with E-state index in [1.54, 1.807) is 30.5 Å². The van der Waals surface area contributed by atoms with Crippen molar-refractivity contribution in [2.24, 2.45) is 0 Å². The normalized spacial score (nSPS) is 10.7. The van der Waals surface area contributed by atoms with E-state index >= 15 is 0 Å². The van der Waals surface area contributed by atoms with Gasteiger partial charge in [0.2, 0.25) is 0 Å². The van der Waals surface area contributed by atoms with Crippen molar-refractivity contribution in [3.63, 3.8) is 0 Å². The first-order chi connectivity index (χ1) is 12.5. The Balaban J connectivity index is 1.93. The van der Waals surface area contributed by atoms with Crippen molar-refractivity contribution in [1.82, 2.24) is 9.13 Å². The maximum atomic E-state index is 12.0. The minimum Gasteiger partial charge on any atom is -0.311 e. The van der Waals surface area contributed by atoms with E-state index in [1.165, 1.54) is 33.5 Å². The van der Waals surface area contributed by atoms with Crippen LogP contribution in [0.2, 0.25) is 10.0 Å². The Kier molecular flexibility index (Phi) is 5.40. The van der Waals surface area contributed by atoms with Gasteiger partial charge in [-0.2, -0.15) is 0 Å². The lowest BCUT2D eigenvalue weighted by molar-refractivity contribution is 0.112. The van der Waals surface area contributed by atoms with Crippen molar-refractivity contribution >= 4 is 29.5 Å². The van der Waals surface area contributed by atoms with Crippen molar-refractivity contribution in [3.8, 4) is 0 Å². The summed E-state index contributed by atoms with van der Waals surface area (Å²) in [4.78, 5) is 34.7. The van der Waals surface area contributed by atoms with Crippen molar-refractivity contribution in [1.29, 1.82) is 0 Å². The Bertz CT molecular complexity index is 1090. The van der Waals surface area contributed by atoms with E-state index in [0.717, 1.165) is 0 Å². The number of hydrogen-bond acceptors (Lipinski definition) is 3. The molecule has 0 bridgehead atoms. The summed E-state index contributed by atoms with van der Waals surface area (Å²) in [5.41, 5.74) is 1.35. The Morgan fingerprint density at radius 1 is 0.846 bits per heavy atom. The first kappa shape index (κ1) is 18.2. The summed E-state index contributed by atoms with van der Waals surface area (Å²) in [6.07, 6.45) is 3.81.